The number of methoxy groups -OCH3 is 1. The van der Waals surface area contributed by atoms with Gasteiger partial charge in [-0.1, -0.05) is 25.4 Å². The Morgan fingerprint density at radius 3 is 2.88 bits per heavy atom. The van der Waals surface area contributed by atoms with Crippen molar-refractivity contribution in [3.8, 4) is 0 Å². The van der Waals surface area contributed by atoms with Crippen molar-refractivity contribution in [1.82, 2.24) is 15.2 Å². The number of piperazine rings is 1. The molecule has 1 fully saturated rings. The maximum absolute atomic E-state index is 13.1. The van der Waals surface area contributed by atoms with E-state index in [-0.39, 0.29) is 11.3 Å². The largest absolute Gasteiger partial charge is 0.363 e. The molecule has 0 spiro atoms. The summed E-state index contributed by atoms with van der Waals surface area (Å²) >= 11 is 6.08. The van der Waals surface area contributed by atoms with E-state index >= 15 is 0 Å². The number of halogens is 1. The van der Waals surface area contributed by atoms with Gasteiger partial charge < -0.3 is 15.0 Å². The van der Waals surface area contributed by atoms with E-state index in [0.29, 0.717) is 30.8 Å². The third kappa shape index (κ3) is 3.40. The molecule has 2 aliphatic rings. The average molecular weight is 367 g/mol. The molecule has 2 atom stereocenters. The van der Waals surface area contributed by atoms with Crippen LogP contribution in [0.15, 0.2) is 12.3 Å². The molecular formula is C18H27ClN4O2. The summed E-state index contributed by atoms with van der Waals surface area (Å²) in [7, 11) is 1.69. The van der Waals surface area contributed by atoms with E-state index in [4.69, 9.17) is 16.3 Å². The zero-order chi connectivity index (χ0) is 18.4. The summed E-state index contributed by atoms with van der Waals surface area (Å²) in [6.07, 6.45) is 1.79. The lowest BCUT2D eigenvalue weighted by molar-refractivity contribution is -0.150. The molecule has 1 aromatic rings. The molecule has 0 aromatic carbocycles. The fraction of sp³-hybridized carbons (Fsp3) is 0.667. The quantitative estimate of drug-likeness (QED) is 0.829. The second-order valence-corrected chi connectivity index (χ2v) is 8.32. The summed E-state index contributed by atoms with van der Waals surface area (Å²) in [5, 5.41) is 3.82. The van der Waals surface area contributed by atoms with E-state index in [1.165, 1.54) is 0 Å². The van der Waals surface area contributed by atoms with E-state index in [2.05, 4.69) is 36.0 Å². The first-order chi connectivity index (χ1) is 11.7. The average Bonchev–Trinajstić information content (AvgIpc) is 2.82. The zero-order valence-corrected chi connectivity index (χ0v) is 16.4. The van der Waals surface area contributed by atoms with Crippen LogP contribution in [0.5, 0.6) is 0 Å². The van der Waals surface area contributed by atoms with Crippen molar-refractivity contribution in [2.75, 3.05) is 38.2 Å². The number of hydrogen-bond acceptors (Lipinski definition) is 5. The standard InChI is InChI=1S/C18H27ClN4O2/c1-12-8-22(18(4,25-5)10-21-12)9-16(24)23-11-17(2,3)13-7-20-15(19)6-14(13)23/h6-7,12,21H,8-11H2,1-5H3/t12-,18-/m1/s1. The topological polar surface area (TPSA) is 57.7 Å². The van der Waals surface area contributed by atoms with Gasteiger partial charge in [-0.05, 0) is 19.9 Å². The monoisotopic (exact) mass is 366 g/mol. The van der Waals surface area contributed by atoms with E-state index in [9.17, 15) is 4.79 Å². The molecule has 1 N–H and O–H groups in total. The number of rotatable bonds is 3. The molecule has 1 amide bonds. The molecule has 1 saturated heterocycles. The number of nitrogens with one attached hydrogen (secondary N) is 1. The molecule has 2 aliphatic heterocycles. The fourth-order valence-electron chi connectivity index (χ4n) is 3.70. The number of carbonyl (C=O) groups is 1. The highest BCUT2D eigenvalue weighted by Crippen LogP contribution is 2.41. The molecule has 7 heteroatoms. The first-order valence-corrected chi connectivity index (χ1v) is 9.04. The van der Waals surface area contributed by atoms with Crippen molar-refractivity contribution in [3.05, 3.63) is 23.0 Å². The van der Waals surface area contributed by atoms with Crippen molar-refractivity contribution < 1.29 is 9.53 Å². The summed E-state index contributed by atoms with van der Waals surface area (Å²) in [6.45, 7) is 10.8. The van der Waals surface area contributed by atoms with E-state index in [0.717, 1.165) is 17.8 Å². The number of fused-ring (bicyclic) bond motifs is 1. The Morgan fingerprint density at radius 1 is 1.48 bits per heavy atom. The lowest BCUT2D eigenvalue weighted by Gasteiger charge is -2.46. The lowest BCUT2D eigenvalue weighted by Crippen LogP contribution is -2.65. The maximum Gasteiger partial charge on any atom is 0.241 e. The van der Waals surface area contributed by atoms with Crippen molar-refractivity contribution in [3.63, 3.8) is 0 Å². The SMILES string of the molecule is CO[C@]1(C)CN[C@H](C)CN1CC(=O)N1CC(C)(C)c2cnc(Cl)cc21. The first kappa shape index (κ1) is 18.6. The van der Waals surface area contributed by atoms with Gasteiger partial charge >= 0.3 is 0 Å². The van der Waals surface area contributed by atoms with Gasteiger partial charge in [-0.2, -0.15) is 0 Å². The number of pyridine rings is 1. The van der Waals surface area contributed by atoms with Crippen LogP contribution in [0.25, 0.3) is 0 Å². The molecule has 6 nitrogen and oxygen atoms in total. The molecule has 138 valence electrons. The van der Waals surface area contributed by atoms with Gasteiger partial charge in [0.25, 0.3) is 0 Å². The Kier molecular flexibility index (Phi) is 4.83. The van der Waals surface area contributed by atoms with Crippen LogP contribution in [-0.2, 0) is 14.9 Å². The highest BCUT2D eigenvalue weighted by Gasteiger charge is 2.42. The van der Waals surface area contributed by atoms with Crippen LogP contribution >= 0.6 is 11.6 Å². The van der Waals surface area contributed by atoms with Crippen LogP contribution in [0.2, 0.25) is 5.15 Å². The Morgan fingerprint density at radius 2 is 2.20 bits per heavy atom. The van der Waals surface area contributed by atoms with Crippen LogP contribution in [0.3, 0.4) is 0 Å². The molecule has 0 bridgehead atoms. The van der Waals surface area contributed by atoms with E-state index < -0.39 is 5.72 Å². The lowest BCUT2D eigenvalue weighted by atomic mass is 9.88. The number of anilines is 1. The minimum absolute atomic E-state index is 0.0615. The molecular weight excluding hydrogens is 340 g/mol. The van der Waals surface area contributed by atoms with Crippen molar-refractivity contribution in [2.45, 2.75) is 44.9 Å². The molecule has 0 unspecified atom stereocenters. The molecule has 0 radical (unpaired) electrons. The summed E-state index contributed by atoms with van der Waals surface area (Å²) < 4.78 is 5.69. The normalized spacial score (nSPS) is 28.9. The van der Waals surface area contributed by atoms with Crippen LogP contribution < -0.4 is 10.2 Å². The third-order valence-corrected chi connectivity index (χ3v) is 5.64. The molecule has 0 saturated carbocycles. The van der Waals surface area contributed by atoms with Gasteiger partial charge in [-0.3, -0.25) is 9.69 Å². The Hall–Kier alpha value is -1.21. The van der Waals surface area contributed by atoms with E-state index in [1.54, 1.807) is 19.4 Å². The van der Waals surface area contributed by atoms with Gasteiger partial charge in [0.15, 0.2) is 0 Å². The fourth-order valence-corrected chi connectivity index (χ4v) is 3.85. The van der Waals surface area contributed by atoms with Crippen LogP contribution in [0.1, 0.15) is 33.3 Å². The van der Waals surface area contributed by atoms with Crippen LogP contribution in [-0.4, -0.2) is 60.8 Å². The van der Waals surface area contributed by atoms with Gasteiger partial charge in [0.2, 0.25) is 5.91 Å². The summed E-state index contributed by atoms with van der Waals surface area (Å²) in [5.74, 6) is 0.0615. The van der Waals surface area contributed by atoms with Crippen molar-refractivity contribution in [1.29, 1.82) is 0 Å². The Balaban J connectivity index is 1.83. The minimum Gasteiger partial charge on any atom is -0.363 e. The van der Waals surface area contributed by atoms with E-state index in [1.807, 2.05) is 11.8 Å². The summed E-state index contributed by atoms with van der Waals surface area (Å²) in [6, 6.07) is 2.11. The second-order valence-electron chi connectivity index (χ2n) is 7.93. The smallest absolute Gasteiger partial charge is 0.241 e. The summed E-state index contributed by atoms with van der Waals surface area (Å²) in [4.78, 5) is 21.3. The highest BCUT2D eigenvalue weighted by molar-refractivity contribution is 6.29. The van der Waals surface area contributed by atoms with Crippen LogP contribution in [0, 0.1) is 0 Å². The van der Waals surface area contributed by atoms with Crippen molar-refractivity contribution in [2.24, 2.45) is 0 Å². The molecule has 25 heavy (non-hydrogen) atoms. The Labute approximate surface area is 154 Å². The number of aromatic nitrogens is 1. The second kappa shape index (κ2) is 6.50. The number of amides is 1. The van der Waals surface area contributed by atoms with Gasteiger partial charge in [-0.25, -0.2) is 4.98 Å². The minimum atomic E-state index is -0.490. The van der Waals surface area contributed by atoms with Gasteiger partial charge in [0.05, 0.1) is 12.2 Å². The molecule has 1 aromatic heterocycles. The summed E-state index contributed by atoms with van der Waals surface area (Å²) in [5.41, 5.74) is 1.31. The predicted molar refractivity (Wildman–Crippen MR) is 99.1 cm³/mol. The molecule has 3 rings (SSSR count). The zero-order valence-electron chi connectivity index (χ0n) is 15.6. The van der Waals surface area contributed by atoms with Gasteiger partial charge in [-0.15, -0.1) is 0 Å². The molecule has 0 aliphatic carbocycles. The van der Waals surface area contributed by atoms with Crippen LogP contribution in [0.4, 0.5) is 5.69 Å². The number of hydrogen-bond donors (Lipinski definition) is 1. The molecule has 3 heterocycles. The number of nitrogens with zero attached hydrogens (tertiary/aromatic N) is 3. The number of ether oxygens (including phenoxy) is 1. The third-order valence-electron chi connectivity index (χ3n) is 5.43. The van der Waals surface area contributed by atoms with Gasteiger partial charge in [0, 0.05) is 50.0 Å². The van der Waals surface area contributed by atoms with Crippen molar-refractivity contribution >= 4 is 23.2 Å². The first-order valence-electron chi connectivity index (χ1n) is 8.66. The number of carbonyl (C=O) groups excluding carboxylic acids is 1. The van der Waals surface area contributed by atoms with Gasteiger partial charge in [0.1, 0.15) is 10.9 Å². The maximum atomic E-state index is 13.1. The highest BCUT2D eigenvalue weighted by atomic mass is 35.5. The predicted octanol–water partition coefficient (Wildman–Crippen LogP) is 2.02. The Bertz CT molecular complexity index is 681.